The van der Waals surface area contributed by atoms with Gasteiger partial charge in [0.05, 0.1) is 37.7 Å². The number of pyridine rings is 1. The van der Waals surface area contributed by atoms with E-state index in [9.17, 15) is 26.7 Å². The predicted molar refractivity (Wildman–Crippen MR) is 117 cm³/mol. The number of nitrogens with zero attached hydrogens (tertiary/aromatic N) is 4. The summed E-state index contributed by atoms with van der Waals surface area (Å²) in [6, 6.07) is 2.98. The van der Waals surface area contributed by atoms with Crippen molar-refractivity contribution in [2.24, 2.45) is 10.7 Å². The second-order valence-electron chi connectivity index (χ2n) is 8.92. The van der Waals surface area contributed by atoms with Gasteiger partial charge in [0.1, 0.15) is 18.1 Å². The number of fused-ring (bicyclic) bond motifs is 3. The Hall–Kier alpha value is -3.36. The summed E-state index contributed by atoms with van der Waals surface area (Å²) in [5, 5.41) is 0. The normalized spacial score (nSPS) is 24.3. The van der Waals surface area contributed by atoms with Crippen LogP contribution in [0.4, 0.5) is 26.7 Å². The van der Waals surface area contributed by atoms with E-state index in [2.05, 4.69) is 9.98 Å². The van der Waals surface area contributed by atoms with Crippen LogP contribution in [0.15, 0.2) is 35.5 Å². The molecule has 1 unspecified atom stereocenters. The van der Waals surface area contributed by atoms with Crippen molar-refractivity contribution in [1.82, 2.24) is 14.8 Å². The van der Waals surface area contributed by atoms with Gasteiger partial charge in [-0.15, -0.1) is 0 Å². The van der Waals surface area contributed by atoms with Gasteiger partial charge in [-0.2, -0.15) is 18.2 Å². The van der Waals surface area contributed by atoms with E-state index in [0.717, 1.165) is 24.4 Å². The zero-order valence-corrected chi connectivity index (χ0v) is 19.3. The maximum absolute atomic E-state index is 14.6. The Bertz CT molecular complexity index is 1200. The number of urea groups is 1. The van der Waals surface area contributed by atoms with Crippen molar-refractivity contribution >= 4 is 11.9 Å². The third kappa shape index (κ3) is 5.08. The van der Waals surface area contributed by atoms with Gasteiger partial charge in [0.25, 0.3) is 0 Å². The average molecular weight is 527 g/mol. The number of amides is 2. The van der Waals surface area contributed by atoms with Gasteiger partial charge in [-0.25, -0.2) is 18.6 Å². The van der Waals surface area contributed by atoms with E-state index in [0.29, 0.717) is 38.8 Å². The zero-order chi connectivity index (χ0) is 26.4. The molecule has 0 radical (unpaired) electrons. The summed E-state index contributed by atoms with van der Waals surface area (Å²) in [4.78, 5) is 23.4. The summed E-state index contributed by atoms with van der Waals surface area (Å²) in [6.07, 6.45) is -3.52. The Morgan fingerprint density at radius 2 is 1.95 bits per heavy atom. The Morgan fingerprint density at radius 3 is 2.62 bits per heavy atom. The summed E-state index contributed by atoms with van der Waals surface area (Å²) in [6.45, 7) is 1.48. The zero-order valence-electron chi connectivity index (χ0n) is 19.3. The summed E-state index contributed by atoms with van der Waals surface area (Å²) in [5.41, 5.74) is 4.71. The molecule has 0 saturated carbocycles. The molecule has 2 amide bonds. The predicted octanol–water partition coefficient (Wildman–Crippen LogP) is 3.63. The number of morpholine rings is 1. The maximum atomic E-state index is 14.6. The number of hydrogen-bond acceptors (Lipinski definition) is 7. The van der Waals surface area contributed by atoms with Crippen molar-refractivity contribution in [3.05, 3.63) is 53.4 Å². The first-order chi connectivity index (χ1) is 17.5. The van der Waals surface area contributed by atoms with Crippen LogP contribution >= 0.6 is 0 Å². The molecule has 1 aromatic carbocycles. The lowest BCUT2D eigenvalue weighted by molar-refractivity contribution is -0.142. The monoisotopic (exact) mass is 527 g/mol. The molecule has 3 aliphatic rings. The van der Waals surface area contributed by atoms with E-state index in [1.165, 1.54) is 0 Å². The van der Waals surface area contributed by atoms with E-state index in [4.69, 9.17) is 19.9 Å². The van der Waals surface area contributed by atoms with Crippen LogP contribution in [0.3, 0.4) is 0 Å². The molecule has 198 valence electrons. The van der Waals surface area contributed by atoms with Crippen LogP contribution in [-0.2, 0) is 22.3 Å². The second kappa shape index (κ2) is 9.50. The molecule has 2 saturated heterocycles. The maximum Gasteiger partial charge on any atom is 0.433 e. The van der Waals surface area contributed by atoms with Gasteiger partial charge in [-0.3, -0.25) is 4.90 Å². The number of halogens is 5. The molecule has 1 aromatic heterocycles. The van der Waals surface area contributed by atoms with Gasteiger partial charge in [-0.05, 0) is 36.2 Å². The van der Waals surface area contributed by atoms with Gasteiger partial charge >= 0.3 is 12.2 Å². The first-order valence-electron chi connectivity index (χ1n) is 11.4. The van der Waals surface area contributed by atoms with Crippen LogP contribution in [0.5, 0.6) is 11.5 Å². The van der Waals surface area contributed by atoms with Crippen LogP contribution in [0.25, 0.3) is 0 Å². The number of carbonyl (C=O) groups excluding carboxylic acids is 1. The quantitative estimate of drug-likeness (QED) is 0.606. The van der Waals surface area contributed by atoms with Gasteiger partial charge in [0, 0.05) is 13.1 Å². The fraction of sp³-hybridized carbons (Fsp3) is 0.435. The molecule has 9 nitrogen and oxygen atoms in total. The molecule has 2 aromatic rings. The molecular weight excluding hydrogens is 505 g/mol. The highest BCUT2D eigenvalue weighted by atomic mass is 19.4. The van der Waals surface area contributed by atoms with Gasteiger partial charge in [0.2, 0.25) is 0 Å². The molecule has 2 N–H and O–H groups in total. The third-order valence-electron chi connectivity index (χ3n) is 6.44. The number of alkyl halides is 3. The SMILES string of the molecule is N[C@@]12CCN3C(=O)N=C(OCc4cc(F)c(Oc5ccc(C(F)(F)F)nc5)c(F)c4)CC3N1CCOC2. The van der Waals surface area contributed by atoms with E-state index < -0.39 is 40.9 Å². The van der Waals surface area contributed by atoms with Gasteiger partial charge < -0.3 is 24.8 Å². The van der Waals surface area contributed by atoms with Crippen molar-refractivity contribution in [1.29, 1.82) is 0 Å². The fourth-order valence-corrected chi connectivity index (χ4v) is 4.60. The van der Waals surface area contributed by atoms with E-state index in [1.54, 1.807) is 4.90 Å². The number of aromatic nitrogens is 1. The van der Waals surface area contributed by atoms with Gasteiger partial charge in [-0.1, -0.05) is 0 Å². The molecule has 5 rings (SSSR count). The first-order valence-corrected chi connectivity index (χ1v) is 11.4. The summed E-state index contributed by atoms with van der Waals surface area (Å²) in [7, 11) is 0. The molecule has 0 spiro atoms. The number of ether oxygens (including phenoxy) is 3. The highest BCUT2D eigenvalue weighted by Crippen LogP contribution is 2.34. The largest absolute Gasteiger partial charge is 0.476 e. The lowest BCUT2D eigenvalue weighted by Crippen LogP contribution is -2.74. The molecule has 2 atom stereocenters. The van der Waals surface area contributed by atoms with Crippen molar-refractivity contribution in [3.8, 4) is 11.5 Å². The fourth-order valence-electron chi connectivity index (χ4n) is 4.60. The smallest absolute Gasteiger partial charge is 0.433 e. The highest BCUT2D eigenvalue weighted by molar-refractivity contribution is 5.93. The third-order valence-corrected chi connectivity index (χ3v) is 6.44. The number of carbonyl (C=O) groups is 1. The topological polar surface area (TPSA) is 103 Å². The number of hydrogen-bond donors (Lipinski definition) is 1. The summed E-state index contributed by atoms with van der Waals surface area (Å²) in [5.74, 6) is -3.17. The van der Waals surface area contributed by atoms with Crippen LogP contribution in [0.1, 0.15) is 24.1 Å². The van der Waals surface area contributed by atoms with E-state index >= 15 is 0 Å². The van der Waals surface area contributed by atoms with Crippen LogP contribution < -0.4 is 10.5 Å². The molecule has 2 fully saturated rings. The highest BCUT2D eigenvalue weighted by Gasteiger charge is 2.49. The second-order valence-corrected chi connectivity index (χ2v) is 8.92. The van der Waals surface area contributed by atoms with Crippen LogP contribution in [0.2, 0.25) is 0 Å². The van der Waals surface area contributed by atoms with Crippen LogP contribution in [-0.4, -0.2) is 64.8 Å². The lowest BCUT2D eigenvalue weighted by Gasteiger charge is -2.55. The van der Waals surface area contributed by atoms with Crippen LogP contribution in [0, 0.1) is 11.6 Å². The Morgan fingerprint density at radius 1 is 1.19 bits per heavy atom. The molecule has 14 heteroatoms. The molecule has 0 aliphatic carbocycles. The van der Waals surface area contributed by atoms with E-state index in [-0.39, 0.29) is 36.4 Å². The van der Waals surface area contributed by atoms with Crippen molar-refractivity contribution in [3.63, 3.8) is 0 Å². The van der Waals surface area contributed by atoms with Crippen molar-refractivity contribution in [2.45, 2.75) is 37.5 Å². The molecular formula is C23H22F5N5O4. The Labute approximate surface area is 207 Å². The van der Waals surface area contributed by atoms with Crippen molar-refractivity contribution in [2.75, 3.05) is 26.3 Å². The molecule has 3 aliphatic heterocycles. The lowest BCUT2D eigenvalue weighted by atomic mass is 9.97. The summed E-state index contributed by atoms with van der Waals surface area (Å²) >= 11 is 0. The number of nitrogens with two attached hydrogens (primary N) is 1. The molecule has 4 heterocycles. The van der Waals surface area contributed by atoms with Crippen molar-refractivity contribution < 1.29 is 41.0 Å². The Balaban J connectivity index is 1.26. The number of benzene rings is 1. The minimum atomic E-state index is -4.66. The first kappa shape index (κ1) is 25.3. The average Bonchev–Trinajstić information content (AvgIpc) is 2.84. The summed E-state index contributed by atoms with van der Waals surface area (Å²) < 4.78 is 83.3. The minimum Gasteiger partial charge on any atom is -0.476 e. The molecule has 37 heavy (non-hydrogen) atoms. The minimum absolute atomic E-state index is 0.0914. The standard InChI is InChI=1S/C23H22F5N5O4/c24-15-7-13(8-16(25)20(15)37-14-1-2-17(30-10-14)23(26,27)28)11-36-18-9-19-32(21(34)31-18)4-3-22(29)12-35-6-5-33(19)22/h1-2,7-8,10,19H,3-6,9,11-12,29H2/t19?,22-/m0/s1. The Kier molecular flexibility index (Phi) is 6.50. The van der Waals surface area contributed by atoms with Gasteiger partial charge in [0.15, 0.2) is 23.3 Å². The number of aliphatic imine (C=N–C) groups is 1. The van der Waals surface area contributed by atoms with E-state index in [1.807, 2.05) is 4.90 Å². The number of rotatable bonds is 4. The molecule has 0 bridgehead atoms.